The minimum absolute atomic E-state index is 0.170. The Kier molecular flexibility index (Phi) is 7.90. The van der Waals surface area contributed by atoms with E-state index in [0.717, 1.165) is 45.3 Å². The van der Waals surface area contributed by atoms with Gasteiger partial charge in [-0.25, -0.2) is 0 Å². The van der Waals surface area contributed by atoms with Gasteiger partial charge in [0.1, 0.15) is 0 Å². The van der Waals surface area contributed by atoms with Crippen LogP contribution in [-0.4, -0.2) is 49.8 Å². The molecule has 1 fully saturated rings. The summed E-state index contributed by atoms with van der Waals surface area (Å²) in [7, 11) is 4.25. The van der Waals surface area contributed by atoms with Crippen LogP contribution in [0.5, 0.6) is 0 Å². The number of benzene rings is 1. The summed E-state index contributed by atoms with van der Waals surface area (Å²) in [6, 6.07) is 8.77. The smallest absolute Gasteiger partial charge is 0.0611 e. The Balaban J connectivity index is 1.42. The Bertz CT molecular complexity index is 679. The summed E-state index contributed by atoms with van der Waals surface area (Å²) in [6.45, 7) is 5.38. The molecule has 0 spiro atoms. The molecule has 4 atom stereocenters. The van der Waals surface area contributed by atoms with E-state index < -0.39 is 0 Å². The van der Waals surface area contributed by atoms with Crippen LogP contribution >= 0.6 is 0 Å². The van der Waals surface area contributed by atoms with Gasteiger partial charge in [0.2, 0.25) is 0 Å². The lowest BCUT2D eigenvalue weighted by Gasteiger charge is -2.18. The normalized spacial score (nSPS) is 27.0. The summed E-state index contributed by atoms with van der Waals surface area (Å²) < 4.78 is 0. The van der Waals surface area contributed by atoms with E-state index >= 15 is 0 Å². The van der Waals surface area contributed by atoms with Crippen LogP contribution in [0.25, 0.3) is 0 Å². The second-order valence-corrected chi connectivity index (χ2v) is 9.03. The molecule has 0 aliphatic heterocycles. The number of allylic oxidation sites excluding steroid dienone is 2. The predicted molar refractivity (Wildman–Crippen MR) is 118 cm³/mol. The zero-order chi connectivity index (χ0) is 19.9. The second-order valence-electron chi connectivity index (χ2n) is 9.03. The largest absolute Gasteiger partial charge is 0.392 e. The second kappa shape index (κ2) is 10.4. The van der Waals surface area contributed by atoms with Crippen molar-refractivity contribution >= 4 is 0 Å². The molecule has 3 nitrogen and oxygen atoms in total. The van der Waals surface area contributed by atoms with E-state index in [4.69, 9.17) is 0 Å². The maximum absolute atomic E-state index is 10.5. The lowest BCUT2D eigenvalue weighted by atomic mass is 9.89. The highest BCUT2D eigenvalue weighted by Gasteiger charge is 2.43. The van der Waals surface area contributed by atoms with Gasteiger partial charge in [0.25, 0.3) is 0 Å². The number of nitrogens with zero attached hydrogens (tertiary/aromatic N) is 1. The fourth-order valence-corrected chi connectivity index (χ4v) is 4.88. The summed E-state index contributed by atoms with van der Waals surface area (Å²) in [6.07, 6.45) is 12.3. The molecule has 2 aliphatic rings. The van der Waals surface area contributed by atoms with Gasteiger partial charge in [0, 0.05) is 12.5 Å². The quantitative estimate of drug-likeness (QED) is 0.475. The summed E-state index contributed by atoms with van der Waals surface area (Å²) in [5, 5.41) is 14.1. The third kappa shape index (κ3) is 6.04. The topological polar surface area (TPSA) is 35.5 Å². The molecular formula is C25H38N2O. The maximum atomic E-state index is 10.5. The van der Waals surface area contributed by atoms with Gasteiger partial charge in [-0.3, -0.25) is 0 Å². The van der Waals surface area contributed by atoms with E-state index in [1.807, 2.05) is 0 Å². The molecule has 154 valence electrons. The third-order valence-corrected chi connectivity index (χ3v) is 6.30. The van der Waals surface area contributed by atoms with Gasteiger partial charge in [0.15, 0.2) is 0 Å². The standard InChI is InChI=1S/C25H38N2O/c1-19-8-6-10-20(14-19)9-4-5-11-23-24-16-21(15-22(24)17-25(23)28)18-26-12-7-13-27(2)3/h5-6,8,10-11,14-15,22-26,28H,4,7,9,12-13,16-18H2,1-3H3/b11-5+/t22-,23+,24-,25+/m0/s1. The van der Waals surface area contributed by atoms with Crippen molar-refractivity contribution in [3.63, 3.8) is 0 Å². The fourth-order valence-electron chi connectivity index (χ4n) is 4.88. The zero-order valence-electron chi connectivity index (χ0n) is 17.9. The highest BCUT2D eigenvalue weighted by Crippen LogP contribution is 2.47. The highest BCUT2D eigenvalue weighted by atomic mass is 16.3. The molecule has 0 amide bonds. The van der Waals surface area contributed by atoms with Crippen LogP contribution < -0.4 is 5.32 Å². The number of aryl methyl sites for hydroxylation is 2. The van der Waals surface area contributed by atoms with Gasteiger partial charge in [-0.1, -0.05) is 53.6 Å². The van der Waals surface area contributed by atoms with E-state index in [2.05, 4.69) is 73.7 Å². The van der Waals surface area contributed by atoms with Gasteiger partial charge in [-0.15, -0.1) is 0 Å². The van der Waals surface area contributed by atoms with Crippen LogP contribution in [0.1, 0.15) is 36.8 Å². The molecule has 2 aliphatic carbocycles. The average molecular weight is 383 g/mol. The molecule has 3 rings (SSSR count). The van der Waals surface area contributed by atoms with E-state index in [1.54, 1.807) is 5.57 Å². The van der Waals surface area contributed by atoms with Gasteiger partial charge in [0.05, 0.1) is 6.10 Å². The van der Waals surface area contributed by atoms with Gasteiger partial charge in [-0.05, 0) is 83.6 Å². The Labute approximate surface area is 171 Å². The summed E-state index contributed by atoms with van der Waals surface area (Å²) in [4.78, 5) is 2.23. The predicted octanol–water partition coefficient (Wildman–Crippen LogP) is 3.97. The van der Waals surface area contributed by atoms with Crippen molar-refractivity contribution in [1.82, 2.24) is 10.2 Å². The number of aliphatic hydroxyl groups is 1. The molecule has 28 heavy (non-hydrogen) atoms. The molecule has 0 heterocycles. The van der Waals surface area contributed by atoms with Crippen LogP contribution in [0.2, 0.25) is 0 Å². The molecule has 3 heteroatoms. The summed E-state index contributed by atoms with van der Waals surface area (Å²) in [5.41, 5.74) is 4.28. The van der Waals surface area contributed by atoms with Gasteiger partial charge >= 0.3 is 0 Å². The van der Waals surface area contributed by atoms with Crippen LogP contribution in [-0.2, 0) is 6.42 Å². The molecular weight excluding hydrogens is 344 g/mol. The zero-order valence-corrected chi connectivity index (χ0v) is 17.9. The van der Waals surface area contributed by atoms with Crippen molar-refractivity contribution in [1.29, 1.82) is 0 Å². The maximum Gasteiger partial charge on any atom is 0.0611 e. The van der Waals surface area contributed by atoms with Crippen molar-refractivity contribution in [2.45, 2.75) is 45.1 Å². The first-order valence-corrected chi connectivity index (χ1v) is 11.0. The van der Waals surface area contributed by atoms with E-state index in [1.165, 1.54) is 17.5 Å². The molecule has 0 unspecified atom stereocenters. The van der Waals surface area contributed by atoms with Crippen molar-refractivity contribution in [2.75, 3.05) is 33.7 Å². The lowest BCUT2D eigenvalue weighted by Crippen LogP contribution is -2.23. The fraction of sp³-hybridized carbons (Fsp3) is 0.600. The van der Waals surface area contributed by atoms with Gasteiger partial charge in [-0.2, -0.15) is 0 Å². The minimum Gasteiger partial charge on any atom is -0.392 e. The van der Waals surface area contributed by atoms with E-state index in [-0.39, 0.29) is 6.10 Å². The van der Waals surface area contributed by atoms with Crippen LogP contribution in [0, 0.1) is 24.7 Å². The molecule has 0 bridgehead atoms. The molecule has 0 saturated heterocycles. The Morgan fingerprint density at radius 1 is 1.29 bits per heavy atom. The molecule has 2 N–H and O–H groups in total. The van der Waals surface area contributed by atoms with E-state index in [0.29, 0.717) is 17.8 Å². The first-order chi connectivity index (χ1) is 13.5. The van der Waals surface area contributed by atoms with Crippen LogP contribution in [0.15, 0.2) is 48.1 Å². The van der Waals surface area contributed by atoms with E-state index in [9.17, 15) is 5.11 Å². The number of fused-ring (bicyclic) bond motifs is 1. The highest BCUT2D eigenvalue weighted by molar-refractivity contribution is 5.23. The monoisotopic (exact) mass is 382 g/mol. The van der Waals surface area contributed by atoms with Crippen LogP contribution in [0.4, 0.5) is 0 Å². The minimum atomic E-state index is -0.170. The first kappa shape index (κ1) is 21.3. The SMILES string of the molecule is Cc1cccc(CC/C=C/[C@@H]2[C@H]3CC(CNCCCN(C)C)=C[C@H]3C[C@H]2O)c1. The van der Waals surface area contributed by atoms with Crippen molar-refractivity contribution in [2.24, 2.45) is 17.8 Å². The number of rotatable bonds is 10. The third-order valence-electron chi connectivity index (χ3n) is 6.30. The summed E-state index contributed by atoms with van der Waals surface area (Å²) >= 11 is 0. The first-order valence-electron chi connectivity index (χ1n) is 11.0. The Morgan fingerprint density at radius 2 is 2.14 bits per heavy atom. The number of nitrogens with one attached hydrogen (secondary N) is 1. The number of aliphatic hydroxyl groups excluding tert-OH is 1. The van der Waals surface area contributed by atoms with Gasteiger partial charge < -0.3 is 15.3 Å². The lowest BCUT2D eigenvalue weighted by molar-refractivity contribution is 0.141. The van der Waals surface area contributed by atoms with Crippen LogP contribution in [0.3, 0.4) is 0 Å². The molecule has 1 aromatic carbocycles. The van der Waals surface area contributed by atoms with Crippen molar-refractivity contribution in [3.05, 3.63) is 59.2 Å². The average Bonchev–Trinajstić information content (AvgIpc) is 3.15. The van der Waals surface area contributed by atoms with Crippen molar-refractivity contribution in [3.8, 4) is 0 Å². The molecule has 0 aromatic heterocycles. The number of hydrogen-bond donors (Lipinski definition) is 2. The Morgan fingerprint density at radius 3 is 2.93 bits per heavy atom. The van der Waals surface area contributed by atoms with Crippen molar-refractivity contribution < 1.29 is 5.11 Å². The molecule has 1 aromatic rings. The summed E-state index contributed by atoms with van der Waals surface area (Å²) in [5.74, 6) is 1.49. The number of hydrogen-bond acceptors (Lipinski definition) is 3. The molecule has 0 radical (unpaired) electrons. The Hall–Kier alpha value is -1.42. The molecule has 1 saturated carbocycles.